The second-order valence-corrected chi connectivity index (χ2v) is 6.92. The van der Waals surface area contributed by atoms with Crippen molar-refractivity contribution in [3.63, 3.8) is 0 Å². The van der Waals surface area contributed by atoms with E-state index < -0.39 is 0 Å². The number of hydrogen-bond donors (Lipinski definition) is 2. The number of carbonyl (C=O) groups excluding carboxylic acids is 2. The number of carbonyl (C=O) groups is 2. The number of hydrogen-bond acceptors (Lipinski definition) is 4. The summed E-state index contributed by atoms with van der Waals surface area (Å²) in [6, 6.07) is 5.34. The first-order valence-corrected chi connectivity index (χ1v) is 7.93. The van der Waals surface area contributed by atoms with Crippen LogP contribution in [0.3, 0.4) is 0 Å². The predicted molar refractivity (Wildman–Crippen MR) is 89.3 cm³/mol. The maximum atomic E-state index is 12.3. The first kappa shape index (κ1) is 16.2. The average Bonchev–Trinajstić information content (AvgIpc) is 2.95. The van der Waals surface area contributed by atoms with Gasteiger partial charge in [0.2, 0.25) is 5.91 Å². The monoisotopic (exact) mass is 327 g/mol. The maximum absolute atomic E-state index is 12.3. The first-order valence-electron chi connectivity index (χ1n) is 7.93. The molecule has 2 aromatic heterocycles. The molecule has 0 saturated heterocycles. The minimum atomic E-state index is -0.295. The molecule has 3 rings (SSSR count). The van der Waals surface area contributed by atoms with E-state index in [2.05, 4.69) is 20.6 Å². The Bertz CT molecular complexity index is 761. The molecule has 0 aromatic carbocycles. The average molecular weight is 327 g/mol. The summed E-state index contributed by atoms with van der Waals surface area (Å²) in [5, 5.41) is 5.78. The van der Waals surface area contributed by atoms with Gasteiger partial charge in [-0.1, -0.05) is 6.07 Å². The van der Waals surface area contributed by atoms with Gasteiger partial charge < -0.3 is 15.2 Å². The fourth-order valence-electron chi connectivity index (χ4n) is 2.82. The number of imidazole rings is 1. The third kappa shape index (κ3) is 3.29. The Hall–Kier alpha value is -2.70. The zero-order chi connectivity index (χ0) is 17.3. The predicted octanol–water partition coefficient (Wildman–Crippen LogP) is 1.53. The highest BCUT2D eigenvalue weighted by molar-refractivity contribution is 5.94. The van der Waals surface area contributed by atoms with E-state index in [1.54, 1.807) is 6.20 Å². The van der Waals surface area contributed by atoms with E-state index >= 15 is 0 Å². The Morgan fingerprint density at radius 1 is 1.38 bits per heavy atom. The molecule has 1 aliphatic rings. The summed E-state index contributed by atoms with van der Waals surface area (Å²) in [7, 11) is 0. The lowest BCUT2D eigenvalue weighted by Crippen LogP contribution is -2.44. The van der Waals surface area contributed by atoms with Gasteiger partial charge >= 0.3 is 0 Å². The highest BCUT2D eigenvalue weighted by Crippen LogP contribution is 2.27. The van der Waals surface area contributed by atoms with Crippen LogP contribution in [-0.4, -0.2) is 38.4 Å². The summed E-state index contributed by atoms with van der Waals surface area (Å²) in [4.78, 5) is 33.1. The van der Waals surface area contributed by atoms with Crippen molar-refractivity contribution in [3.8, 4) is 11.5 Å². The van der Waals surface area contributed by atoms with Crippen LogP contribution < -0.4 is 10.6 Å². The Morgan fingerprint density at radius 3 is 2.83 bits per heavy atom. The van der Waals surface area contributed by atoms with E-state index in [1.165, 1.54) is 6.20 Å². The van der Waals surface area contributed by atoms with E-state index in [4.69, 9.17) is 0 Å². The highest BCUT2D eigenvalue weighted by Gasteiger charge is 2.31. The summed E-state index contributed by atoms with van der Waals surface area (Å²) in [6.45, 7) is 6.21. The van der Waals surface area contributed by atoms with Crippen LogP contribution in [-0.2, 0) is 4.79 Å². The van der Waals surface area contributed by atoms with Crippen LogP contribution in [0.25, 0.3) is 11.5 Å². The summed E-state index contributed by atoms with van der Waals surface area (Å²) in [5.41, 5.74) is 0.839. The van der Waals surface area contributed by atoms with Crippen LogP contribution in [0.1, 0.15) is 43.7 Å². The molecule has 7 nitrogen and oxygen atoms in total. The molecule has 0 saturated carbocycles. The smallest absolute Gasteiger partial charge is 0.269 e. The highest BCUT2D eigenvalue weighted by atomic mass is 16.2. The number of pyridine rings is 1. The van der Waals surface area contributed by atoms with Crippen LogP contribution in [0.4, 0.5) is 0 Å². The van der Waals surface area contributed by atoms with Crippen molar-refractivity contribution in [2.24, 2.45) is 0 Å². The molecule has 126 valence electrons. The fourth-order valence-corrected chi connectivity index (χ4v) is 2.82. The van der Waals surface area contributed by atoms with E-state index in [9.17, 15) is 9.59 Å². The van der Waals surface area contributed by atoms with E-state index in [-0.39, 0.29) is 29.8 Å². The van der Waals surface area contributed by atoms with Crippen molar-refractivity contribution in [2.75, 3.05) is 6.54 Å². The lowest BCUT2D eigenvalue weighted by atomic mass is 10.1. The Balaban J connectivity index is 1.93. The van der Waals surface area contributed by atoms with Gasteiger partial charge in [0.25, 0.3) is 5.91 Å². The molecule has 1 unspecified atom stereocenters. The van der Waals surface area contributed by atoms with Gasteiger partial charge in [0.15, 0.2) is 5.82 Å². The maximum Gasteiger partial charge on any atom is 0.269 e. The summed E-state index contributed by atoms with van der Waals surface area (Å²) in [6.07, 6.45) is 3.48. The third-order valence-corrected chi connectivity index (χ3v) is 3.72. The molecule has 2 amide bonds. The van der Waals surface area contributed by atoms with Gasteiger partial charge in [-0.15, -0.1) is 0 Å². The molecule has 0 spiro atoms. The molecule has 1 atom stereocenters. The molecule has 1 aliphatic heterocycles. The molecule has 0 radical (unpaired) electrons. The lowest BCUT2D eigenvalue weighted by molar-refractivity contribution is -0.123. The Kier molecular flexibility index (Phi) is 4.09. The number of nitrogens with one attached hydrogen (secondary N) is 2. The van der Waals surface area contributed by atoms with Gasteiger partial charge in [0.05, 0.1) is 12.2 Å². The second-order valence-electron chi connectivity index (χ2n) is 6.92. The van der Waals surface area contributed by atoms with E-state index in [0.29, 0.717) is 23.8 Å². The van der Waals surface area contributed by atoms with Crippen LogP contribution in [0.2, 0.25) is 0 Å². The number of nitrogens with zero attached hydrogens (tertiary/aromatic N) is 3. The molecule has 0 fully saturated rings. The van der Waals surface area contributed by atoms with Gasteiger partial charge in [-0.2, -0.15) is 0 Å². The molecule has 2 N–H and O–H groups in total. The van der Waals surface area contributed by atoms with Crippen molar-refractivity contribution in [3.05, 3.63) is 36.3 Å². The van der Waals surface area contributed by atoms with Gasteiger partial charge in [0, 0.05) is 24.7 Å². The zero-order valence-electron chi connectivity index (χ0n) is 14.0. The molecular formula is C17H21N5O2. The minimum absolute atomic E-state index is 0.0599. The molecule has 7 heteroatoms. The molecule has 2 aromatic rings. The largest absolute Gasteiger partial charge is 0.351 e. The van der Waals surface area contributed by atoms with Crippen LogP contribution in [0.5, 0.6) is 0 Å². The van der Waals surface area contributed by atoms with E-state index in [0.717, 1.165) is 0 Å². The number of amides is 2. The van der Waals surface area contributed by atoms with Crippen LogP contribution in [0, 0.1) is 0 Å². The van der Waals surface area contributed by atoms with Gasteiger partial charge in [-0.3, -0.25) is 14.6 Å². The van der Waals surface area contributed by atoms with Crippen molar-refractivity contribution < 1.29 is 9.59 Å². The summed E-state index contributed by atoms with van der Waals surface area (Å²) in [5.74, 6) is 0.362. The SMILES string of the molecule is CC(C)(C)NC(=O)CC1CNC(=O)c2cnc(-c3ccccn3)n21. The lowest BCUT2D eigenvalue weighted by Gasteiger charge is -2.28. The number of fused-ring (bicyclic) bond motifs is 1. The van der Waals surface area contributed by atoms with Gasteiger partial charge in [0.1, 0.15) is 11.4 Å². The minimum Gasteiger partial charge on any atom is -0.351 e. The van der Waals surface area contributed by atoms with Crippen LogP contribution in [0.15, 0.2) is 30.6 Å². The number of aromatic nitrogens is 3. The molecular weight excluding hydrogens is 306 g/mol. The standard InChI is InChI=1S/C17H21N5O2/c1-17(2,3)21-14(23)8-11-9-20-16(24)13-10-19-15(22(11)13)12-6-4-5-7-18-12/h4-7,10-11H,8-9H2,1-3H3,(H,20,24)(H,21,23). The van der Waals surface area contributed by atoms with Crippen molar-refractivity contribution in [1.29, 1.82) is 0 Å². The molecule has 0 aliphatic carbocycles. The van der Waals surface area contributed by atoms with Crippen LogP contribution >= 0.6 is 0 Å². The second kappa shape index (κ2) is 6.07. The third-order valence-electron chi connectivity index (χ3n) is 3.72. The van der Waals surface area contributed by atoms with Gasteiger partial charge in [-0.25, -0.2) is 4.98 Å². The normalized spacial score (nSPS) is 17.1. The van der Waals surface area contributed by atoms with Gasteiger partial charge in [-0.05, 0) is 32.9 Å². The topological polar surface area (TPSA) is 88.9 Å². The number of rotatable bonds is 3. The zero-order valence-corrected chi connectivity index (χ0v) is 14.0. The quantitative estimate of drug-likeness (QED) is 0.895. The summed E-state index contributed by atoms with van der Waals surface area (Å²) >= 11 is 0. The summed E-state index contributed by atoms with van der Waals surface area (Å²) < 4.78 is 1.82. The fraction of sp³-hybridized carbons (Fsp3) is 0.412. The van der Waals surface area contributed by atoms with Crippen molar-refractivity contribution in [1.82, 2.24) is 25.2 Å². The molecule has 0 bridgehead atoms. The van der Waals surface area contributed by atoms with Crippen molar-refractivity contribution in [2.45, 2.75) is 38.8 Å². The van der Waals surface area contributed by atoms with E-state index in [1.807, 2.05) is 43.5 Å². The Labute approximate surface area is 140 Å². The molecule has 3 heterocycles. The van der Waals surface area contributed by atoms with Crippen molar-refractivity contribution >= 4 is 11.8 Å². The Morgan fingerprint density at radius 2 is 2.17 bits per heavy atom. The first-order chi connectivity index (χ1) is 11.3. The molecule has 24 heavy (non-hydrogen) atoms.